The van der Waals surface area contributed by atoms with E-state index in [0.717, 1.165) is 30.3 Å². The van der Waals surface area contributed by atoms with Gasteiger partial charge in [-0.25, -0.2) is 4.98 Å². The highest BCUT2D eigenvalue weighted by Crippen LogP contribution is 2.47. The predicted octanol–water partition coefficient (Wildman–Crippen LogP) is 4.22. The SMILES string of the molecule is CN=C(NCc1coc(-c2ccc(C)cc2)n1)N1CCC2(CCC2)C1.I. The van der Waals surface area contributed by atoms with Crippen molar-refractivity contribution in [1.29, 1.82) is 0 Å². The van der Waals surface area contributed by atoms with Crippen LogP contribution in [-0.4, -0.2) is 36.0 Å². The van der Waals surface area contributed by atoms with Crippen LogP contribution in [0.1, 0.15) is 36.9 Å². The molecule has 0 unspecified atom stereocenters. The molecule has 6 heteroatoms. The summed E-state index contributed by atoms with van der Waals surface area (Å²) in [5, 5.41) is 3.44. The highest BCUT2D eigenvalue weighted by molar-refractivity contribution is 14.0. The van der Waals surface area contributed by atoms with Crippen molar-refractivity contribution >= 4 is 29.9 Å². The summed E-state index contributed by atoms with van der Waals surface area (Å²) in [7, 11) is 1.86. The van der Waals surface area contributed by atoms with Gasteiger partial charge in [0, 0.05) is 25.7 Å². The Labute approximate surface area is 172 Å². The number of benzene rings is 1. The maximum atomic E-state index is 5.64. The summed E-state index contributed by atoms with van der Waals surface area (Å²) in [6, 6.07) is 8.23. The number of hydrogen-bond donors (Lipinski definition) is 1. The fourth-order valence-corrected chi connectivity index (χ4v) is 3.92. The Kier molecular flexibility index (Phi) is 5.89. The lowest BCUT2D eigenvalue weighted by Crippen LogP contribution is -2.42. The molecule has 2 aromatic rings. The summed E-state index contributed by atoms with van der Waals surface area (Å²) in [5.74, 6) is 1.64. The summed E-state index contributed by atoms with van der Waals surface area (Å²) in [6.45, 7) is 4.95. The van der Waals surface area contributed by atoms with Crippen molar-refractivity contribution in [3.8, 4) is 11.5 Å². The van der Waals surface area contributed by atoms with Crippen molar-refractivity contribution in [2.75, 3.05) is 20.1 Å². The second-order valence-corrected chi connectivity index (χ2v) is 7.44. The van der Waals surface area contributed by atoms with Crippen LogP contribution in [0.4, 0.5) is 0 Å². The van der Waals surface area contributed by atoms with Gasteiger partial charge in [-0.2, -0.15) is 0 Å². The van der Waals surface area contributed by atoms with Crippen LogP contribution in [0.5, 0.6) is 0 Å². The molecular formula is C20H27IN4O. The van der Waals surface area contributed by atoms with Crippen LogP contribution >= 0.6 is 24.0 Å². The summed E-state index contributed by atoms with van der Waals surface area (Å²) < 4.78 is 5.64. The van der Waals surface area contributed by atoms with E-state index in [9.17, 15) is 0 Å². The molecule has 1 aromatic carbocycles. The first kappa shape index (κ1) is 19.2. The zero-order chi connectivity index (χ0) is 17.3. The molecule has 1 aliphatic carbocycles. The van der Waals surface area contributed by atoms with E-state index < -0.39 is 0 Å². The van der Waals surface area contributed by atoms with Gasteiger partial charge in [-0.15, -0.1) is 24.0 Å². The minimum atomic E-state index is 0. The Morgan fingerprint density at radius 1 is 1.27 bits per heavy atom. The van der Waals surface area contributed by atoms with Gasteiger partial charge in [0.15, 0.2) is 5.96 Å². The molecule has 1 N–H and O–H groups in total. The number of aliphatic imine (C=N–C) groups is 1. The highest BCUT2D eigenvalue weighted by atomic mass is 127. The van der Waals surface area contributed by atoms with Gasteiger partial charge in [0.2, 0.25) is 5.89 Å². The molecule has 0 atom stereocenters. The fraction of sp³-hybridized carbons (Fsp3) is 0.500. The third-order valence-electron chi connectivity index (χ3n) is 5.64. The van der Waals surface area contributed by atoms with Gasteiger partial charge in [0.25, 0.3) is 0 Å². The highest BCUT2D eigenvalue weighted by Gasteiger charge is 2.43. The monoisotopic (exact) mass is 466 g/mol. The van der Waals surface area contributed by atoms with Crippen LogP contribution < -0.4 is 5.32 Å². The van der Waals surface area contributed by atoms with Gasteiger partial charge in [-0.3, -0.25) is 4.99 Å². The lowest BCUT2D eigenvalue weighted by atomic mass is 9.68. The van der Waals surface area contributed by atoms with Crippen molar-refractivity contribution in [1.82, 2.24) is 15.2 Å². The number of aromatic nitrogens is 1. The normalized spacial score (nSPS) is 18.5. The number of hydrogen-bond acceptors (Lipinski definition) is 3. The Hall–Kier alpha value is -1.57. The van der Waals surface area contributed by atoms with Gasteiger partial charge < -0.3 is 14.6 Å². The molecule has 26 heavy (non-hydrogen) atoms. The lowest BCUT2D eigenvalue weighted by Gasteiger charge is -2.38. The lowest BCUT2D eigenvalue weighted by molar-refractivity contribution is 0.151. The minimum absolute atomic E-state index is 0. The Balaban J connectivity index is 0.00000196. The first-order chi connectivity index (χ1) is 12.2. The number of nitrogens with zero attached hydrogens (tertiary/aromatic N) is 3. The molecule has 1 saturated carbocycles. The van der Waals surface area contributed by atoms with Gasteiger partial charge in [-0.1, -0.05) is 24.1 Å². The molecule has 5 nitrogen and oxygen atoms in total. The second kappa shape index (κ2) is 7.98. The van der Waals surface area contributed by atoms with Gasteiger partial charge in [0.1, 0.15) is 6.26 Å². The average molecular weight is 466 g/mol. The minimum Gasteiger partial charge on any atom is -0.444 e. The van der Waals surface area contributed by atoms with Crippen LogP contribution in [0.3, 0.4) is 0 Å². The number of aryl methyl sites for hydroxylation is 1. The topological polar surface area (TPSA) is 53.7 Å². The Bertz CT molecular complexity index is 764. The number of guanidine groups is 1. The van der Waals surface area contributed by atoms with Gasteiger partial charge in [-0.05, 0) is 43.7 Å². The summed E-state index contributed by atoms with van der Waals surface area (Å²) in [5.41, 5.74) is 3.71. The van der Waals surface area contributed by atoms with E-state index >= 15 is 0 Å². The molecule has 1 saturated heterocycles. The smallest absolute Gasteiger partial charge is 0.226 e. The van der Waals surface area contributed by atoms with Crippen molar-refractivity contribution in [3.63, 3.8) is 0 Å². The largest absolute Gasteiger partial charge is 0.444 e. The molecule has 1 aliphatic heterocycles. The molecular weight excluding hydrogens is 439 g/mol. The number of oxazole rings is 1. The van der Waals surface area contributed by atoms with Crippen molar-refractivity contribution in [3.05, 3.63) is 41.8 Å². The maximum Gasteiger partial charge on any atom is 0.226 e. The molecule has 0 radical (unpaired) electrons. The van der Waals surface area contributed by atoms with E-state index in [4.69, 9.17) is 4.42 Å². The molecule has 2 heterocycles. The Morgan fingerprint density at radius 3 is 2.65 bits per heavy atom. The van der Waals surface area contributed by atoms with Crippen LogP contribution in [0.25, 0.3) is 11.5 Å². The third-order valence-corrected chi connectivity index (χ3v) is 5.64. The molecule has 4 rings (SSSR count). The average Bonchev–Trinajstić information content (AvgIpc) is 3.23. The van der Waals surface area contributed by atoms with E-state index in [2.05, 4.69) is 39.2 Å². The quantitative estimate of drug-likeness (QED) is 0.418. The number of likely N-dealkylation sites (tertiary alicyclic amines) is 1. The van der Waals surface area contributed by atoms with E-state index in [0.29, 0.717) is 17.9 Å². The van der Waals surface area contributed by atoms with E-state index in [1.165, 1.54) is 31.2 Å². The molecule has 0 bridgehead atoms. The molecule has 1 aromatic heterocycles. The second-order valence-electron chi connectivity index (χ2n) is 7.44. The number of rotatable bonds is 3. The van der Waals surface area contributed by atoms with E-state index in [-0.39, 0.29) is 24.0 Å². The third kappa shape index (κ3) is 3.89. The van der Waals surface area contributed by atoms with Crippen LogP contribution in [0.15, 0.2) is 39.9 Å². The first-order valence-corrected chi connectivity index (χ1v) is 9.15. The number of nitrogens with one attached hydrogen (secondary N) is 1. The van der Waals surface area contributed by atoms with Crippen molar-refractivity contribution < 1.29 is 4.42 Å². The molecule has 2 aliphatic rings. The summed E-state index contributed by atoms with van der Waals surface area (Å²) in [4.78, 5) is 11.4. The molecule has 0 amide bonds. The van der Waals surface area contributed by atoms with Gasteiger partial charge >= 0.3 is 0 Å². The summed E-state index contributed by atoms with van der Waals surface area (Å²) in [6.07, 6.45) is 7.18. The van der Waals surface area contributed by atoms with Crippen molar-refractivity contribution in [2.24, 2.45) is 10.4 Å². The standard InChI is InChI=1S/C20H26N4O.HI/c1-15-4-6-16(7-5-15)18-23-17(13-25-18)12-22-19(21-2)24-11-10-20(14-24)8-3-9-20;/h4-7,13H,3,8-12,14H2,1-2H3,(H,21,22);1H. The number of halogens is 1. The maximum absolute atomic E-state index is 5.64. The van der Waals surface area contributed by atoms with Gasteiger partial charge in [0.05, 0.1) is 12.2 Å². The zero-order valence-electron chi connectivity index (χ0n) is 15.5. The van der Waals surface area contributed by atoms with Crippen LogP contribution in [-0.2, 0) is 6.54 Å². The van der Waals surface area contributed by atoms with Crippen LogP contribution in [0.2, 0.25) is 0 Å². The summed E-state index contributed by atoms with van der Waals surface area (Å²) >= 11 is 0. The molecule has 2 fully saturated rings. The molecule has 1 spiro atoms. The first-order valence-electron chi connectivity index (χ1n) is 9.15. The zero-order valence-corrected chi connectivity index (χ0v) is 17.8. The van der Waals surface area contributed by atoms with E-state index in [1.807, 2.05) is 19.2 Å². The predicted molar refractivity (Wildman–Crippen MR) is 115 cm³/mol. The van der Waals surface area contributed by atoms with Crippen molar-refractivity contribution in [2.45, 2.75) is 39.2 Å². The molecule has 140 valence electrons. The van der Waals surface area contributed by atoms with Crippen LogP contribution in [0, 0.1) is 12.3 Å². The Morgan fingerprint density at radius 2 is 2.04 bits per heavy atom. The fourth-order valence-electron chi connectivity index (χ4n) is 3.92. The van der Waals surface area contributed by atoms with E-state index in [1.54, 1.807) is 6.26 Å².